The second-order valence-electron chi connectivity index (χ2n) is 6.04. The fraction of sp³-hybridized carbons (Fsp3) is 0.412. The summed E-state index contributed by atoms with van der Waals surface area (Å²) in [5.41, 5.74) is 5.10. The van der Waals surface area contributed by atoms with E-state index in [1.165, 1.54) is 19.3 Å². The van der Waals surface area contributed by atoms with Crippen molar-refractivity contribution < 1.29 is 14.0 Å². The molecule has 0 atom stereocenters. The highest BCUT2D eigenvalue weighted by Gasteiger charge is 2.21. The molecule has 0 aliphatic heterocycles. The average molecular weight is 395 g/mol. The Morgan fingerprint density at radius 2 is 1.85 bits per heavy atom. The van der Waals surface area contributed by atoms with E-state index in [4.69, 9.17) is 16.0 Å². The number of thioether (sulfide) groups is 1. The zero-order valence-electron chi connectivity index (χ0n) is 14.0. The molecule has 2 amide bonds. The van der Waals surface area contributed by atoms with Crippen LogP contribution in [0.15, 0.2) is 33.9 Å². The van der Waals surface area contributed by atoms with Crippen LogP contribution in [-0.4, -0.2) is 27.8 Å². The van der Waals surface area contributed by atoms with Crippen LogP contribution in [0.3, 0.4) is 0 Å². The van der Waals surface area contributed by atoms with Gasteiger partial charge in [0.05, 0.1) is 5.75 Å². The Kier molecular flexibility index (Phi) is 6.51. The summed E-state index contributed by atoms with van der Waals surface area (Å²) in [7, 11) is 0. The molecular weight excluding hydrogens is 376 g/mol. The fourth-order valence-electron chi connectivity index (χ4n) is 2.76. The van der Waals surface area contributed by atoms with Crippen LogP contribution in [0.25, 0.3) is 0 Å². The monoisotopic (exact) mass is 394 g/mol. The molecule has 0 unspecified atom stereocenters. The normalized spacial score (nSPS) is 14.8. The number of carbonyl (C=O) groups is 2. The minimum atomic E-state index is -0.419. The van der Waals surface area contributed by atoms with Gasteiger partial charge < -0.3 is 4.42 Å². The van der Waals surface area contributed by atoms with Gasteiger partial charge in [0.25, 0.3) is 11.1 Å². The van der Waals surface area contributed by atoms with Crippen molar-refractivity contribution in [2.24, 2.45) is 0 Å². The summed E-state index contributed by atoms with van der Waals surface area (Å²) >= 11 is 6.91. The van der Waals surface area contributed by atoms with Crippen molar-refractivity contribution in [3.63, 3.8) is 0 Å². The number of hydrogen-bond donors (Lipinski definition) is 2. The molecule has 0 spiro atoms. The van der Waals surface area contributed by atoms with Crippen LogP contribution in [0.5, 0.6) is 0 Å². The van der Waals surface area contributed by atoms with Gasteiger partial charge in [0.1, 0.15) is 0 Å². The van der Waals surface area contributed by atoms with Gasteiger partial charge in [-0.2, -0.15) is 0 Å². The van der Waals surface area contributed by atoms with Crippen molar-refractivity contribution in [3.05, 3.63) is 40.7 Å². The maximum absolute atomic E-state index is 11.9. The Balaban J connectivity index is 1.42. The second-order valence-corrected chi connectivity index (χ2v) is 7.40. The maximum Gasteiger partial charge on any atom is 0.277 e. The Labute approximate surface area is 160 Å². The topological polar surface area (TPSA) is 97.1 Å². The lowest BCUT2D eigenvalue weighted by Crippen LogP contribution is -2.42. The highest BCUT2D eigenvalue weighted by molar-refractivity contribution is 7.99. The molecule has 1 aliphatic carbocycles. The number of halogens is 1. The van der Waals surface area contributed by atoms with Crippen LogP contribution in [0.1, 0.15) is 54.3 Å². The number of amides is 2. The first-order chi connectivity index (χ1) is 12.6. The molecule has 0 radical (unpaired) electrons. The summed E-state index contributed by atoms with van der Waals surface area (Å²) in [5.74, 6) is 0.265. The van der Waals surface area contributed by atoms with Crippen LogP contribution in [0.4, 0.5) is 0 Å². The van der Waals surface area contributed by atoms with Gasteiger partial charge in [-0.15, -0.1) is 10.2 Å². The number of hydrogen-bond acceptors (Lipinski definition) is 6. The van der Waals surface area contributed by atoms with Crippen molar-refractivity contribution in [1.29, 1.82) is 0 Å². The number of nitrogens with one attached hydrogen (secondary N) is 2. The molecule has 7 nitrogen and oxygen atoms in total. The maximum atomic E-state index is 11.9. The summed E-state index contributed by atoms with van der Waals surface area (Å²) < 4.78 is 5.64. The van der Waals surface area contributed by atoms with Crippen LogP contribution < -0.4 is 10.9 Å². The second kappa shape index (κ2) is 9.05. The van der Waals surface area contributed by atoms with Gasteiger partial charge in [0, 0.05) is 16.5 Å². The zero-order chi connectivity index (χ0) is 18.4. The van der Waals surface area contributed by atoms with Gasteiger partial charge >= 0.3 is 0 Å². The van der Waals surface area contributed by atoms with Gasteiger partial charge in [-0.1, -0.05) is 42.6 Å². The largest absolute Gasteiger partial charge is 0.416 e. The molecule has 3 rings (SSSR count). The minimum Gasteiger partial charge on any atom is -0.416 e. The lowest BCUT2D eigenvalue weighted by atomic mass is 9.89. The lowest BCUT2D eigenvalue weighted by molar-refractivity contribution is -0.119. The van der Waals surface area contributed by atoms with Gasteiger partial charge in [0.2, 0.25) is 11.8 Å². The van der Waals surface area contributed by atoms with Crippen LogP contribution >= 0.6 is 23.4 Å². The Morgan fingerprint density at radius 1 is 1.12 bits per heavy atom. The van der Waals surface area contributed by atoms with Crippen molar-refractivity contribution in [3.8, 4) is 0 Å². The Morgan fingerprint density at radius 3 is 2.58 bits per heavy atom. The van der Waals surface area contributed by atoms with E-state index in [-0.39, 0.29) is 11.7 Å². The first-order valence-corrected chi connectivity index (χ1v) is 9.79. The molecule has 9 heteroatoms. The summed E-state index contributed by atoms with van der Waals surface area (Å²) in [6.07, 6.45) is 5.78. The highest BCUT2D eigenvalue weighted by atomic mass is 35.5. The molecule has 0 bridgehead atoms. The Hall–Kier alpha value is -2.06. The van der Waals surface area contributed by atoms with Gasteiger partial charge in [-0.05, 0) is 37.1 Å². The van der Waals surface area contributed by atoms with Crippen molar-refractivity contribution >= 4 is 35.2 Å². The molecule has 138 valence electrons. The van der Waals surface area contributed by atoms with Crippen molar-refractivity contribution in [2.45, 2.75) is 43.2 Å². The van der Waals surface area contributed by atoms with Crippen LogP contribution in [-0.2, 0) is 4.79 Å². The average Bonchev–Trinajstić information content (AvgIpc) is 3.15. The third-order valence-corrected chi connectivity index (χ3v) is 5.20. The minimum absolute atomic E-state index is 0.0627. The van der Waals surface area contributed by atoms with E-state index < -0.39 is 5.91 Å². The van der Waals surface area contributed by atoms with E-state index in [9.17, 15) is 9.59 Å². The lowest BCUT2D eigenvalue weighted by Gasteiger charge is -2.17. The van der Waals surface area contributed by atoms with Crippen molar-refractivity contribution in [1.82, 2.24) is 21.0 Å². The van der Waals surface area contributed by atoms with E-state index in [1.807, 2.05) is 0 Å². The molecule has 2 N–H and O–H groups in total. The summed E-state index contributed by atoms with van der Waals surface area (Å²) in [4.78, 5) is 23.8. The van der Waals surface area contributed by atoms with Gasteiger partial charge in [0.15, 0.2) is 0 Å². The predicted octanol–water partition coefficient (Wildman–Crippen LogP) is 3.32. The van der Waals surface area contributed by atoms with Crippen LogP contribution in [0, 0.1) is 0 Å². The predicted molar refractivity (Wildman–Crippen MR) is 97.9 cm³/mol. The van der Waals surface area contributed by atoms with Crippen LogP contribution in [0.2, 0.25) is 5.02 Å². The fourth-order valence-corrected chi connectivity index (χ4v) is 3.45. The standard InChI is InChI=1S/C17H19ClN4O3S/c18-13-8-6-11(7-9-13)15(24)20-19-14(23)10-26-17-22-21-16(25-17)12-4-2-1-3-5-12/h6-9,12H,1-5,10H2,(H,19,23)(H,20,24). The molecule has 1 aromatic carbocycles. The van der Waals surface area contributed by atoms with E-state index >= 15 is 0 Å². The summed E-state index contributed by atoms with van der Waals surface area (Å²) in [5, 5.41) is 8.97. The smallest absolute Gasteiger partial charge is 0.277 e. The third-order valence-electron chi connectivity index (χ3n) is 4.13. The number of benzene rings is 1. The molecule has 26 heavy (non-hydrogen) atoms. The molecule has 1 fully saturated rings. The molecule has 1 aliphatic rings. The molecule has 2 aromatic rings. The first-order valence-electron chi connectivity index (χ1n) is 8.43. The Bertz CT molecular complexity index is 760. The van der Waals surface area contributed by atoms with Crippen molar-refractivity contribution in [2.75, 3.05) is 5.75 Å². The zero-order valence-corrected chi connectivity index (χ0v) is 15.6. The molecule has 1 saturated carbocycles. The molecule has 1 aromatic heterocycles. The SMILES string of the molecule is O=C(CSc1nnc(C2CCCCC2)o1)NNC(=O)c1ccc(Cl)cc1. The molecule has 1 heterocycles. The van der Waals surface area contributed by atoms with E-state index in [1.54, 1.807) is 24.3 Å². The van der Waals surface area contributed by atoms with E-state index in [0.717, 1.165) is 24.6 Å². The van der Waals surface area contributed by atoms with Gasteiger partial charge in [-0.3, -0.25) is 20.4 Å². The molecule has 0 saturated heterocycles. The summed E-state index contributed by atoms with van der Waals surface area (Å²) in [6.45, 7) is 0. The molecular formula is C17H19ClN4O3S. The first kappa shape index (κ1) is 18.7. The van der Waals surface area contributed by atoms with E-state index in [0.29, 0.717) is 27.6 Å². The number of rotatable bonds is 5. The quantitative estimate of drug-likeness (QED) is 0.596. The number of aromatic nitrogens is 2. The summed E-state index contributed by atoms with van der Waals surface area (Å²) in [6, 6.07) is 6.36. The highest BCUT2D eigenvalue weighted by Crippen LogP contribution is 2.32. The number of hydrazine groups is 1. The van der Waals surface area contributed by atoms with E-state index in [2.05, 4.69) is 21.0 Å². The number of nitrogens with zero attached hydrogens (tertiary/aromatic N) is 2. The third kappa shape index (κ3) is 5.22. The van der Waals surface area contributed by atoms with Gasteiger partial charge in [-0.25, -0.2) is 0 Å². The number of carbonyl (C=O) groups excluding carboxylic acids is 2.